The van der Waals surface area contributed by atoms with Gasteiger partial charge in [-0.25, -0.2) is 15.0 Å². The molecule has 3 aromatic rings. The quantitative estimate of drug-likeness (QED) is 0.280. The molecule has 194 valence electrons. The van der Waals surface area contributed by atoms with E-state index >= 15 is 0 Å². The Labute approximate surface area is 216 Å². The maximum absolute atomic E-state index is 13.3. The number of rotatable bonds is 7. The third kappa shape index (κ3) is 5.78. The predicted molar refractivity (Wildman–Crippen MR) is 145 cm³/mol. The Morgan fingerprint density at radius 3 is 2.76 bits per heavy atom. The van der Waals surface area contributed by atoms with Gasteiger partial charge in [0.05, 0.1) is 35.9 Å². The van der Waals surface area contributed by atoms with Crippen molar-refractivity contribution in [3.63, 3.8) is 0 Å². The van der Waals surface area contributed by atoms with Gasteiger partial charge in [0.25, 0.3) is 5.91 Å². The number of ether oxygens (including phenoxy) is 1. The van der Waals surface area contributed by atoms with E-state index in [2.05, 4.69) is 37.3 Å². The van der Waals surface area contributed by atoms with Crippen molar-refractivity contribution in [3.05, 3.63) is 65.8 Å². The lowest BCUT2D eigenvalue weighted by Crippen LogP contribution is -2.23. The summed E-state index contributed by atoms with van der Waals surface area (Å²) in [6.45, 7) is 12.9. The van der Waals surface area contributed by atoms with E-state index in [4.69, 9.17) is 16.2 Å². The Morgan fingerprint density at radius 1 is 1.32 bits per heavy atom. The molecule has 1 aliphatic rings. The van der Waals surface area contributed by atoms with Crippen molar-refractivity contribution in [2.75, 3.05) is 29.6 Å². The van der Waals surface area contributed by atoms with Crippen molar-refractivity contribution < 1.29 is 9.53 Å². The highest BCUT2D eigenvalue weighted by Crippen LogP contribution is 2.26. The summed E-state index contributed by atoms with van der Waals surface area (Å²) < 4.78 is 6.63. The molecule has 37 heavy (non-hydrogen) atoms. The molecule has 1 atom stereocenters. The number of aromatic nitrogens is 4. The summed E-state index contributed by atoms with van der Waals surface area (Å²) in [6, 6.07) is 7.03. The maximum Gasteiger partial charge on any atom is 0.280 e. The molecule has 0 spiro atoms. The Bertz CT molecular complexity index is 1350. The summed E-state index contributed by atoms with van der Waals surface area (Å²) in [4.78, 5) is 26.8. The van der Waals surface area contributed by atoms with E-state index in [1.165, 1.54) is 10.9 Å². The number of nitrogens with one attached hydrogen (secondary N) is 2. The zero-order valence-electron chi connectivity index (χ0n) is 21.6. The number of benzene rings is 1. The standard InChI is InChI=1S/C26H33N9O2/c1-6-29-19-13-30-25(31-17-9-10-37-14-17)33-22(19)23(28)32-18-11-16(8-7-15(18)2)24(36)35-21(27)12-20(34-35)26(3,4)5/h6-8,11-13,17,29H,1,9-10,14,27H2,2-5H3,(H2,28,32)(H,30,31,33). The number of carbonyl (C=O) groups excluding carboxylic acids is 1. The van der Waals surface area contributed by atoms with Crippen LogP contribution in [0.4, 0.5) is 23.1 Å². The Kier molecular flexibility index (Phi) is 7.25. The lowest BCUT2D eigenvalue weighted by atomic mass is 9.92. The highest BCUT2D eigenvalue weighted by molar-refractivity contribution is 6.03. The first-order valence-corrected chi connectivity index (χ1v) is 12.0. The predicted octanol–water partition coefficient (Wildman–Crippen LogP) is 3.34. The molecule has 0 aliphatic carbocycles. The molecule has 1 saturated heterocycles. The van der Waals surface area contributed by atoms with Crippen LogP contribution >= 0.6 is 0 Å². The number of amidine groups is 1. The van der Waals surface area contributed by atoms with Crippen LogP contribution in [0.1, 0.15) is 54.5 Å². The number of nitrogen functional groups attached to an aromatic ring is 1. The van der Waals surface area contributed by atoms with Crippen LogP contribution in [0.2, 0.25) is 0 Å². The number of carbonyl (C=O) groups is 1. The van der Waals surface area contributed by atoms with Gasteiger partial charge in [-0.1, -0.05) is 33.4 Å². The molecule has 1 unspecified atom stereocenters. The van der Waals surface area contributed by atoms with Crippen molar-refractivity contribution in [3.8, 4) is 0 Å². The van der Waals surface area contributed by atoms with Gasteiger partial charge >= 0.3 is 0 Å². The monoisotopic (exact) mass is 503 g/mol. The first-order valence-electron chi connectivity index (χ1n) is 12.0. The van der Waals surface area contributed by atoms with Gasteiger partial charge in [0.15, 0.2) is 5.84 Å². The molecule has 6 N–H and O–H groups in total. The van der Waals surface area contributed by atoms with Crippen LogP contribution in [0.15, 0.2) is 48.2 Å². The largest absolute Gasteiger partial charge is 0.383 e. The Balaban J connectivity index is 1.67. The van der Waals surface area contributed by atoms with Gasteiger partial charge in [-0.15, -0.1) is 0 Å². The number of nitrogens with two attached hydrogens (primary N) is 2. The molecule has 0 amide bonds. The first kappa shape index (κ1) is 25.8. The number of hydrogen-bond donors (Lipinski definition) is 4. The van der Waals surface area contributed by atoms with Gasteiger partial charge < -0.3 is 26.8 Å². The lowest BCUT2D eigenvalue weighted by Gasteiger charge is -2.14. The maximum atomic E-state index is 13.3. The van der Waals surface area contributed by atoms with E-state index in [-0.39, 0.29) is 29.0 Å². The number of nitrogens with zero attached hydrogens (tertiary/aromatic N) is 5. The molecule has 0 bridgehead atoms. The number of aryl methyl sites for hydroxylation is 1. The third-order valence-corrected chi connectivity index (χ3v) is 5.95. The van der Waals surface area contributed by atoms with Gasteiger partial charge in [-0.05, 0) is 37.2 Å². The van der Waals surface area contributed by atoms with Gasteiger partial charge in [0, 0.05) is 23.7 Å². The second-order valence-corrected chi connectivity index (χ2v) is 9.93. The van der Waals surface area contributed by atoms with E-state index in [1.807, 2.05) is 27.7 Å². The number of aliphatic imine (C=N–C) groups is 1. The lowest BCUT2D eigenvalue weighted by molar-refractivity contribution is 0.0947. The highest BCUT2D eigenvalue weighted by Gasteiger charge is 2.23. The van der Waals surface area contributed by atoms with Gasteiger partial charge in [-0.2, -0.15) is 9.78 Å². The molecular weight excluding hydrogens is 470 g/mol. The second kappa shape index (κ2) is 10.4. The Hall–Kier alpha value is -4.25. The molecule has 3 heterocycles. The topological polar surface area (TPSA) is 158 Å². The first-order chi connectivity index (χ1) is 17.6. The molecule has 1 fully saturated rings. The van der Waals surface area contributed by atoms with Crippen molar-refractivity contribution in [1.29, 1.82) is 0 Å². The third-order valence-electron chi connectivity index (χ3n) is 5.95. The van der Waals surface area contributed by atoms with Crippen molar-refractivity contribution in [1.82, 2.24) is 19.7 Å². The van der Waals surface area contributed by atoms with Crippen LogP contribution < -0.4 is 22.1 Å². The van der Waals surface area contributed by atoms with E-state index in [1.54, 1.807) is 30.5 Å². The molecule has 1 aliphatic heterocycles. The van der Waals surface area contributed by atoms with Crippen LogP contribution in [0, 0.1) is 6.92 Å². The zero-order chi connectivity index (χ0) is 26.7. The fourth-order valence-electron chi connectivity index (χ4n) is 3.79. The zero-order valence-corrected chi connectivity index (χ0v) is 21.6. The fourth-order valence-corrected chi connectivity index (χ4v) is 3.79. The van der Waals surface area contributed by atoms with Crippen molar-refractivity contribution >= 4 is 34.9 Å². The summed E-state index contributed by atoms with van der Waals surface area (Å²) in [6.07, 6.45) is 4.00. The van der Waals surface area contributed by atoms with Crippen LogP contribution in [-0.4, -0.2) is 50.7 Å². The SMILES string of the molecule is C=CNc1cnc(NC2CCOC2)nc1C(N)=Nc1cc(C(=O)n2nc(C(C)(C)C)cc2N)ccc1C. The summed E-state index contributed by atoms with van der Waals surface area (Å²) in [5, 5.41) is 10.7. The summed E-state index contributed by atoms with van der Waals surface area (Å²) in [5.74, 6) is 0.486. The number of hydrogen-bond acceptors (Lipinski definition) is 9. The van der Waals surface area contributed by atoms with Crippen LogP contribution in [-0.2, 0) is 10.2 Å². The van der Waals surface area contributed by atoms with Gasteiger partial charge in [0.1, 0.15) is 11.5 Å². The Morgan fingerprint density at radius 2 is 2.11 bits per heavy atom. The molecule has 4 rings (SSSR count). The van der Waals surface area contributed by atoms with Crippen LogP contribution in [0.5, 0.6) is 0 Å². The normalized spacial score (nSPS) is 16.0. The van der Waals surface area contributed by atoms with Crippen molar-refractivity contribution in [2.45, 2.75) is 45.6 Å². The molecule has 0 saturated carbocycles. The molecule has 2 aromatic heterocycles. The second-order valence-electron chi connectivity index (χ2n) is 9.93. The summed E-state index contributed by atoms with van der Waals surface area (Å²) in [7, 11) is 0. The van der Waals surface area contributed by atoms with Crippen LogP contribution in [0.3, 0.4) is 0 Å². The van der Waals surface area contributed by atoms with E-state index in [9.17, 15) is 4.79 Å². The summed E-state index contributed by atoms with van der Waals surface area (Å²) >= 11 is 0. The average molecular weight is 504 g/mol. The minimum atomic E-state index is -0.357. The van der Waals surface area contributed by atoms with Crippen molar-refractivity contribution in [2.24, 2.45) is 10.7 Å². The molecule has 11 nitrogen and oxygen atoms in total. The molecule has 1 aromatic carbocycles. The minimum Gasteiger partial charge on any atom is -0.383 e. The smallest absolute Gasteiger partial charge is 0.280 e. The van der Waals surface area contributed by atoms with E-state index < -0.39 is 0 Å². The fraction of sp³-hybridized carbons (Fsp3) is 0.346. The highest BCUT2D eigenvalue weighted by atomic mass is 16.5. The number of anilines is 3. The van der Waals surface area contributed by atoms with Gasteiger partial charge in [-0.3, -0.25) is 4.79 Å². The molecule has 11 heteroatoms. The van der Waals surface area contributed by atoms with E-state index in [0.29, 0.717) is 41.8 Å². The van der Waals surface area contributed by atoms with Gasteiger partial charge in [0.2, 0.25) is 5.95 Å². The minimum absolute atomic E-state index is 0.127. The van der Waals surface area contributed by atoms with Crippen LogP contribution in [0.25, 0.3) is 0 Å². The van der Waals surface area contributed by atoms with E-state index in [0.717, 1.165) is 17.7 Å². The average Bonchev–Trinajstić information content (AvgIpc) is 3.50. The molecular formula is C26H33N9O2. The summed E-state index contributed by atoms with van der Waals surface area (Å²) in [5.41, 5.74) is 15.7. The molecule has 0 radical (unpaired) electrons.